The van der Waals surface area contributed by atoms with E-state index in [-0.39, 0.29) is 17.7 Å². The van der Waals surface area contributed by atoms with Gasteiger partial charge in [0, 0.05) is 6.54 Å². The molecule has 2 atom stereocenters. The van der Waals surface area contributed by atoms with Crippen LogP contribution >= 0.6 is 0 Å². The zero-order valence-electron chi connectivity index (χ0n) is 15.5. The maximum Gasteiger partial charge on any atom is 0.240 e. The molecule has 4 N–H and O–H groups in total. The van der Waals surface area contributed by atoms with E-state index in [9.17, 15) is 9.59 Å². The van der Waals surface area contributed by atoms with E-state index in [0.29, 0.717) is 24.8 Å². The van der Waals surface area contributed by atoms with Crippen molar-refractivity contribution in [2.75, 3.05) is 6.54 Å². The highest BCUT2D eigenvalue weighted by Gasteiger charge is 2.42. The molecule has 0 aromatic carbocycles. The molecule has 1 heterocycles. The van der Waals surface area contributed by atoms with Crippen molar-refractivity contribution in [2.45, 2.75) is 89.1 Å². The quantitative estimate of drug-likeness (QED) is 0.799. The van der Waals surface area contributed by atoms with Gasteiger partial charge in [0.05, 0.1) is 6.04 Å². The molecule has 3 aliphatic rings. The van der Waals surface area contributed by atoms with Crippen molar-refractivity contribution in [1.29, 1.82) is 0 Å². The summed E-state index contributed by atoms with van der Waals surface area (Å²) in [5.74, 6) is 1.02. The number of hydrogen-bond acceptors (Lipinski definition) is 3. The number of hydrogen-bond donors (Lipinski definition) is 2. The highest BCUT2D eigenvalue weighted by atomic mass is 16.2. The van der Waals surface area contributed by atoms with Gasteiger partial charge in [-0.25, -0.2) is 0 Å². The molecule has 2 saturated carbocycles. The van der Waals surface area contributed by atoms with Gasteiger partial charge in [0.2, 0.25) is 11.8 Å². The topological polar surface area (TPSA) is 89.4 Å². The van der Waals surface area contributed by atoms with Gasteiger partial charge in [0.15, 0.2) is 0 Å². The molecule has 0 bridgehead atoms. The molecule has 1 saturated heterocycles. The Bertz CT molecular complexity index is 452. The first-order valence-corrected chi connectivity index (χ1v) is 10.4. The average molecular weight is 350 g/mol. The Labute approximate surface area is 151 Å². The molecular formula is C20H35N3O2. The summed E-state index contributed by atoms with van der Waals surface area (Å²) in [5.41, 5.74) is 12.1. The number of rotatable bonds is 5. The predicted octanol–water partition coefficient (Wildman–Crippen LogP) is 2.57. The summed E-state index contributed by atoms with van der Waals surface area (Å²) >= 11 is 0. The lowest BCUT2D eigenvalue weighted by molar-refractivity contribution is -0.140. The molecule has 2 amide bonds. The molecule has 0 aromatic rings. The van der Waals surface area contributed by atoms with Crippen molar-refractivity contribution in [3.05, 3.63) is 0 Å². The molecule has 142 valence electrons. The van der Waals surface area contributed by atoms with Crippen LogP contribution in [-0.2, 0) is 9.59 Å². The van der Waals surface area contributed by atoms with Crippen LogP contribution in [0.15, 0.2) is 0 Å². The highest BCUT2D eigenvalue weighted by Crippen LogP contribution is 2.41. The van der Waals surface area contributed by atoms with E-state index < -0.39 is 12.1 Å². The second-order valence-corrected chi connectivity index (χ2v) is 8.49. The zero-order chi connectivity index (χ0) is 17.8. The first kappa shape index (κ1) is 18.7. The van der Waals surface area contributed by atoms with Crippen molar-refractivity contribution in [3.63, 3.8) is 0 Å². The Balaban J connectivity index is 1.76. The Hall–Kier alpha value is -1.10. The maximum absolute atomic E-state index is 13.2. The van der Waals surface area contributed by atoms with Crippen LogP contribution in [0.4, 0.5) is 0 Å². The van der Waals surface area contributed by atoms with Gasteiger partial charge in [-0.1, -0.05) is 64.2 Å². The monoisotopic (exact) mass is 349 g/mol. The second kappa shape index (κ2) is 8.52. The Morgan fingerprint density at radius 2 is 1.32 bits per heavy atom. The van der Waals surface area contributed by atoms with Crippen molar-refractivity contribution in [3.8, 4) is 0 Å². The van der Waals surface area contributed by atoms with Gasteiger partial charge in [-0.05, 0) is 30.6 Å². The van der Waals surface area contributed by atoms with E-state index in [2.05, 4.69) is 0 Å². The van der Waals surface area contributed by atoms with Crippen molar-refractivity contribution < 1.29 is 9.59 Å². The predicted molar refractivity (Wildman–Crippen MR) is 98.5 cm³/mol. The van der Waals surface area contributed by atoms with E-state index in [1.54, 1.807) is 4.90 Å². The van der Waals surface area contributed by atoms with Gasteiger partial charge in [-0.2, -0.15) is 0 Å². The minimum absolute atomic E-state index is 0.0255. The maximum atomic E-state index is 13.2. The lowest BCUT2D eigenvalue weighted by Crippen LogP contribution is -2.55. The number of amides is 2. The second-order valence-electron chi connectivity index (χ2n) is 8.49. The fourth-order valence-electron chi connectivity index (χ4n) is 5.69. The molecular weight excluding hydrogens is 314 g/mol. The van der Waals surface area contributed by atoms with E-state index >= 15 is 0 Å². The summed E-state index contributed by atoms with van der Waals surface area (Å²) in [5, 5.41) is 0. The van der Waals surface area contributed by atoms with E-state index in [1.807, 2.05) is 0 Å². The van der Waals surface area contributed by atoms with Crippen LogP contribution in [-0.4, -0.2) is 35.3 Å². The SMILES string of the molecule is NC(=O)[C@@H]1CCCN1C(=O)[C@H](N)C(C1CCCCC1)C1CCCCC1. The lowest BCUT2D eigenvalue weighted by Gasteiger charge is -2.41. The summed E-state index contributed by atoms with van der Waals surface area (Å²) in [7, 11) is 0. The Morgan fingerprint density at radius 1 is 0.800 bits per heavy atom. The van der Waals surface area contributed by atoms with Crippen molar-refractivity contribution >= 4 is 11.8 Å². The van der Waals surface area contributed by atoms with Crippen molar-refractivity contribution in [2.24, 2.45) is 29.2 Å². The molecule has 0 radical (unpaired) electrons. The van der Waals surface area contributed by atoms with Gasteiger partial charge < -0.3 is 16.4 Å². The summed E-state index contributed by atoms with van der Waals surface area (Å²) in [6.07, 6.45) is 14.1. The van der Waals surface area contributed by atoms with Crippen LogP contribution in [0.3, 0.4) is 0 Å². The number of nitrogens with two attached hydrogens (primary N) is 2. The standard InChI is InChI=1S/C20H35N3O2/c21-18(20(25)23-13-7-12-16(23)19(22)24)17(14-8-3-1-4-9-14)15-10-5-2-6-11-15/h14-18H,1-13,21H2,(H2,22,24)/t16-,18+/m0/s1. The molecule has 2 aliphatic carbocycles. The normalized spacial score (nSPS) is 27.6. The summed E-state index contributed by atoms with van der Waals surface area (Å²) in [6.45, 7) is 0.627. The molecule has 5 heteroatoms. The van der Waals surface area contributed by atoms with Gasteiger partial charge >= 0.3 is 0 Å². The lowest BCUT2D eigenvalue weighted by atomic mass is 9.66. The number of carbonyl (C=O) groups is 2. The van der Waals surface area contributed by atoms with Crippen LogP contribution in [0.25, 0.3) is 0 Å². The molecule has 3 fully saturated rings. The van der Waals surface area contributed by atoms with Crippen LogP contribution < -0.4 is 11.5 Å². The first-order chi connectivity index (χ1) is 12.1. The van der Waals surface area contributed by atoms with Gasteiger partial charge in [0.25, 0.3) is 0 Å². The number of primary amides is 1. The number of nitrogens with zero attached hydrogens (tertiary/aromatic N) is 1. The summed E-state index contributed by atoms with van der Waals surface area (Å²) in [6, 6.07) is -0.914. The molecule has 0 aromatic heterocycles. The Kier molecular flexibility index (Phi) is 6.37. The molecule has 0 unspecified atom stereocenters. The molecule has 5 nitrogen and oxygen atoms in total. The molecule has 0 spiro atoms. The van der Waals surface area contributed by atoms with Gasteiger partial charge in [0.1, 0.15) is 6.04 Å². The molecule has 1 aliphatic heterocycles. The fraction of sp³-hybridized carbons (Fsp3) is 0.900. The van der Waals surface area contributed by atoms with Crippen LogP contribution in [0, 0.1) is 17.8 Å². The van der Waals surface area contributed by atoms with Crippen LogP contribution in [0.5, 0.6) is 0 Å². The largest absolute Gasteiger partial charge is 0.368 e. The zero-order valence-corrected chi connectivity index (χ0v) is 15.5. The first-order valence-electron chi connectivity index (χ1n) is 10.4. The van der Waals surface area contributed by atoms with Crippen LogP contribution in [0.2, 0.25) is 0 Å². The summed E-state index contributed by atoms with van der Waals surface area (Å²) in [4.78, 5) is 26.6. The van der Waals surface area contributed by atoms with E-state index in [0.717, 1.165) is 6.42 Å². The third-order valence-electron chi connectivity index (χ3n) is 6.95. The summed E-state index contributed by atoms with van der Waals surface area (Å²) < 4.78 is 0. The van der Waals surface area contributed by atoms with Gasteiger partial charge in [-0.3, -0.25) is 9.59 Å². The smallest absolute Gasteiger partial charge is 0.240 e. The number of carbonyl (C=O) groups excluding carboxylic acids is 2. The minimum atomic E-state index is -0.467. The van der Waals surface area contributed by atoms with E-state index in [1.165, 1.54) is 64.2 Å². The van der Waals surface area contributed by atoms with E-state index in [4.69, 9.17) is 11.5 Å². The number of likely N-dealkylation sites (tertiary alicyclic amines) is 1. The molecule has 3 rings (SSSR count). The third-order valence-corrected chi connectivity index (χ3v) is 6.95. The molecule has 25 heavy (non-hydrogen) atoms. The van der Waals surface area contributed by atoms with Crippen molar-refractivity contribution in [1.82, 2.24) is 4.90 Å². The minimum Gasteiger partial charge on any atom is -0.368 e. The third kappa shape index (κ3) is 4.18. The highest BCUT2D eigenvalue weighted by molar-refractivity contribution is 5.89. The van der Waals surface area contributed by atoms with Gasteiger partial charge in [-0.15, -0.1) is 0 Å². The average Bonchev–Trinajstić information content (AvgIpc) is 3.13. The Morgan fingerprint density at radius 3 is 1.80 bits per heavy atom. The fourth-order valence-corrected chi connectivity index (χ4v) is 5.69. The van der Waals surface area contributed by atoms with Crippen LogP contribution in [0.1, 0.15) is 77.0 Å².